The van der Waals surface area contributed by atoms with E-state index in [2.05, 4.69) is 0 Å². The van der Waals surface area contributed by atoms with Crippen molar-refractivity contribution in [3.8, 4) is 0 Å². The van der Waals surface area contributed by atoms with Gasteiger partial charge < -0.3 is 15.7 Å². The first kappa shape index (κ1) is 15.2. The Morgan fingerprint density at radius 3 is 2.56 bits per heavy atom. The van der Waals surface area contributed by atoms with E-state index in [1.54, 1.807) is 26.0 Å². The molecule has 0 aliphatic heterocycles. The van der Waals surface area contributed by atoms with Crippen molar-refractivity contribution in [1.29, 1.82) is 0 Å². The van der Waals surface area contributed by atoms with Crippen molar-refractivity contribution in [3.63, 3.8) is 0 Å². The van der Waals surface area contributed by atoms with Gasteiger partial charge in [-0.25, -0.2) is 0 Å². The van der Waals surface area contributed by atoms with E-state index >= 15 is 0 Å². The Morgan fingerprint density at radius 2 is 2.11 bits per heavy atom. The van der Waals surface area contributed by atoms with Crippen molar-refractivity contribution in [2.45, 2.75) is 26.4 Å². The monoisotopic (exact) mass is 286 g/mol. The molecular formula is C13H19ClN2OS. The van der Waals surface area contributed by atoms with Gasteiger partial charge in [-0.2, -0.15) is 0 Å². The standard InChI is InChI=1S/C13H19ClN2OS/c1-4-16(8-13(2,3)17)11-6-5-9(14)7-10(11)12(15)18/h5-7,17H,4,8H2,1-3H3,(H2,15,18). The van der Waals surface area contributed by atoms with Crippen LogP contribution in [0.1, 0.15) is 26.3 Å². The minimum Gasteiger partial charge on any atom is -0.389 e. The molecule has 1 aromatic carbocycles. The Labute approximate surface area is 119 Å². The van der Waals surface area contributed by atoms with Gasteiger partial charge in [0.2, 0.25) is 0 Å². The smallest absolute Gasteiger partial charge is 0.106 e. The summed E-state index contributed by atoms with van der Waals surface area (Å²) in [4.78, 5) is 2.34. The Kier molecular flexibility index (Phi) is 4.96. The van der Waals surface area contributed by atoms with Crippen LogP contribution in [-0.2, 0) is 0 Å². The number of anilines is 1. The fourth-order valence-corrected chi connectivity index (χ4v) is 2.15. The number of rotatable bonds is 5. The number of halogens is 1. The summed E-state index contributed by atoms with van der Waals surface area (Å²) in [6.07, 6.45) is 0. The molecule has 1 aromatic rings. The van der Waals surface area contributed by atoms with Crippen molar-refractivity contribution in [3.05, 3.63) is 28.8 Å². The molecule has 0 atom stereocenters. The van der Waals surface area contributed by atoms with Crippen LogP contribution in [-0.4, -0.2) is 28.8 Å². The lowest BCUT2D eigenvalue weighted by atomic mass is 10.1. The number of nitrogens with two attached hydrogens (primary N) is 1. The topological polar surface area (TPSA) is 49.5 Å². The average Bonchev–Trinajstić information content (AvgIpc) is 2.24. The van der Waals surface area contributed by atoms with Crippen LogP contribution in [0.4, 0.5) is 5.69 Å². The Hall–Kier alpha value is -0.840. The van der Waals surface area contributed by atoms with Crippen LogP contribution in [0.25, 0.3) is 0 Å². The summed E-state index contributed by atoms with van der Waals surface area (Å²) >= 11 is 11.0. The lowest BCUT2D eigenvalue weighted by molar-refractivity contribution is 0.0876. The zero-order valence-electron chi connectivity index (χ0n) is 10.9. The Balaban J connectivity index is 3.17. The number of hydrogen-bond donors (Lipinski definition) is 2. The fraction of sp³-hybridized carbons (Fsp3) is 0.462. The third kappa shape index (κ3) is 4.12. The van der Waals surface area contributed by atoms with E-state index in [9.17, 15) is 5.11 Å². The van der Waals surface area contributed by atoms with Gasteiger partial charge in [-0.05, 0) is 39.0 Å². The second-order valence-corrected chi connectivity index (χ2v) is 5.73. The molecule has 18 heavy (non-hydrogen) atoms. The maximum Gasteiger partial charge on any atom is 0.106 e. The van der Waals surface area contributed by atoms with Gasteiger partial charge in [0.1, 0.15) is 4.99 Å². The van der Waals surface area contributed by atoms with Gasteiger partial charge in [-0.15, -0.1) is 0 Å². The third-order valence-corrected chi connectivity index (χ3v) is 2.98. The second kappa shape index (κ2) is 5.87. The average molecular weight is 287 g/mol. The van der Waals surface area contributed by atoms with Crippen LogP contribution >= 0.6 is 23.8 Å². The summed E-state index contributed by atoms with van der Waals surface area (Å²) in [6.45, 7) is 6.81. The van der Waals surface area contributed by atoms with Gasteiger partial charge in [0.25, 0.3) is 0 Å². The molecule has 100 valence electrons. The summed E-state index contributed by atoms with van der Waals surface area (Å²) in [5.74, 6) is 0. The highest BCUT2D eigenvalue weighted by molar-refractivity contribution is 7.80. The maximum atomic E-state index is 9.93. The van der Waals surface area contributed by atoms with Crippen LogP contribution in [0.15, 0.2) is 18.2 Å². The highest BCUT2D eigenvalue weighted by Crippen LogP contribution is 2.25. The van der Waals surface area contributed by atoms with Crippen LogP contribution < -0.4 is 10.6 Å². The molecule has 0 amide bonds. The van der Waals surface area contributed by atoms with Gasteiger partial charge >= 0.3 is 0 Å². The van der Waals surface area contributed by atoms with Crippen LogP contribution in [0, 0.1) is 0 Å². The zero-order valence-corrected chi connectivity index (χ0v) is 12.5. The lowest BCUT2D eigenvalue weighted by Gasteiger charge is -2.31. The van der Waals surface area contributed by atoms with E-state index in [1.165, 1.54) is 0 Å². The second-order valence-electron chi connectivity index (χ2n) is 4.85. The van der Waals surface area contributed by atoms with Crippen molar-refractivity contribution < 1.29 is 5.11 Å². The summed E-state index contributed by atoms with van der Waals surface area (Å²) in [6, 6.07) is 5.43. The first-order valence-electron chi connectivity index (χ1n) is 5.81. The molecule has 5 heteroatoms. The Bertz CT molecular complexity index is 443. The van der Waals surface area contributed by atoms with Crippen molar-refractivity contribution >= 4 is 34.5 Å². The zero-order chi connectivity index (χ0) is 13.9. The molecule has 0 aromatic heterocycles. The highest BCUT2D eigenvalue weighted by Gasteiger charge is 2.20. The number of hydrogen-bond acceptors (Lipinski definition) is 3. The van der Waals surface area contributed by atoms with Crippen molar-refractivity contribution in [1.82, 2.24) is 0 Å². The van der Waals surface area contributed by atoms with Crippen LogP contribution in [0.3, 0.4) is 0 Å². The lowest BCUT2D eigenvalue weighted by Crippen LogP contribution is -2.39. The third-order valence-electron chi connectivity index (χ3n) is 2.52. The molecule has 0 aliphatic rings. The number of thiocarbonyl (C=S) groups is 1. The van der Waals surface area contributed by atoms with Crippen LogP contribution in [0.2, 0.25) is 5.02 Å². The fourth-order valence-electron chi connectivity index (χ4n) is 1.82. The van der Waals surface area contributed by atoms with Gasteiger partial charge in [0, 0.05) is 29.4 Å². The molecule has 0 saturated carbocycles. The quantitative estimate of drug-likeness (QED) is 0.817. The minimum absolute atomic E-state index is 0.307. The van der Waals surface area contributed by atoms with E-state index in [0.717, 1.165) is 17.8 Å². The molecular weight excluding hydrogens is 268 g/mol. The van der Waals surface area contributed by atoms with Gasteiger partial charge in [-0.3, -0.25) is 0 Å². The number of nitrogens with zero attached hydrogens (tertiary/aromatic N) is 1. The molecule has 0 aliphatic carbocycles. The van der Waals surface area contributed by atoms with Crippen LogP contribution in [0.5, 0.6) is 0 Å². The molecule has 3 N–H and O–H groups in total. The Morgan fingerprint density at radius 1 is 1.50 bits per heavy atom. The van der Waals surface area contributed by atoms with E-state index in [4.69, 9.17) is 29.6 Å². The first-order valence-corrected chi connectivity index (χ1v) is 6.60. The molecule has 1 rings (SSSR count). The molecule has 0 unspecified atom stereocenters. The SMILES string of the molecule is CCN(CC(C)(C)O)c1ccc(Cl)cc1C(N)=S. The first-order chi connectivity index (χ1) is 8.24. The number of likely N-dealkylation sites (N-methyl/N-ethyl adjacent to an activating group) is 1. The summed E-state index contributed by atoms with van der Waals surface area (Å²) in [5, 5.41) is 10.5. The molecule has 0 heterocycles. The van der Waals surface area contributed by atoms with Crippen molar-refractivity contribution in [2.24, 2.45) is 5.73 Å². The van der Waals surface area contributed by atoms with E-state index < -0.39 is 5.60 Å². The van der Waals surface area contributed by atoms with Crippen molar-refractivity contribution in [2.75, 3.05) is 18.0 Å². The van der Waals surface area contributed by atoms with Gasteiger partial charge in [0.15, 0.2) is 0 Å². The molecule has 0 spiro atoms. The van der Waals surface area contributed by atoms with E-state index in [1.807, 2.05) is 17.9 Å². The maximum absolute atomic E-state index is 9.93. The summed E-state index contributed by atoms with van der Waals surface area (Å²) < 4.78 is 0. The van der Waals surface area contributed by atoms with Gasteiger partial charge in [0.05, 0.1) is 5.60 Å². The normalized spacial score (nSPS) is 11.4. The molecule has 3 nitrogen and oxygen atoms in total. The number of benzene rings is 1. The predicted molar refractivity (Wildman–Crippen MR) is 81.5 cm³/mol. The summed E-state index contributed by atoms with van der Waals surface area (Å²) in [5.41, 5.74) is 6.57. The highest BCUT2D eigenvalue weighted by atomic mass is 35.5. The van der Waals surface area contributed by atoms with E-state index in [-0.39, 0.29) is 0 Å². The predicted octanol–water partition coefficient (Wildman–Crippen LogP) is 2.57. The largest absolute Gasteiger partial charge is 0.389 e. The summed E-state index contributed by atoms with van der Waals surface area (Å²) in [7, 11) is 0. The van der Waals surface area contributed by atoms with Gasteiger partial charge in [-0.1, -0.05) is 23.8 Å². The molecule has 0 radical (unpaired) electrons. The molecule has 0 bridgehead atoms. The minimum atomic E-state index is -0.789. The number of aliphatic hydroxyl groups is 1. The van der Waals surface area contributed by atoms with E-state index in [0.29, 0.717) is 16.6 Å². The molecule has 0 fully saturated rings. The molecule has 0 saturated heterocycles.